The third kappa shape index (κ3) is 5.40. The first-order valence-electron chi connectivity index (χ1n) is 9.25. The lowest BCUT2D eigenvalue weighted by Gasteiger charge is -2.26. The molecule has 0 spiro atoms. The zero-order chi connectivity index (χ0) is 17.5. The average molecular weight is 340 g/mol. The smallest absolute Gasteiger partial charge is 0.167 e. The number of ether oxygens (including phenoxy) is 2. The average Bonchev–Trinajstić information content (AvgIpc) is 2.60. The number of aryl methyl sites for hydroxylation is 1. The summed E-state index contributed by atoms with van der Waals surface area (Å²) in [5.74, 6) is 0.496. The van der Waals surface area contributed by atoms with Crippen molar-refractivity contribution in [2.75, 3.05) is 13.4 Å². The highest BCUT2D eigenvalue weighted by atomic mass is 16.8. The molecule has 1 aliphatic heterocycles. The van der Waals surface area contributed by atoms with Gasteiger partial charge < -0.3 is 14.6 Å². The topological polar surface area (TPSA) is 38.7 Å². The highest BCUT2D eigenvalue weighted by Gasteiger charge is 2.18. The van der Waals surface area contributed by atoms with Crippen LogP contribution in [0.2, 0.25) is 0 Å². The Bertz CT molecular complexity index is 629. The predicted molar refractivity (Wildman–Crippen MR) is 99.6 cm³/mol. The molecule has 0 aromatic heterocycles. The Hall–Kier alpha value is -1.68. The second-order valence-electron chi connectivity index (χ2n) is 6.93. The van der Waals surface area contributed by atoms with Crippen molar-refractivity contribution in [3.05, 3.63) is 70.8 Å². The van der Waals surface area contributed by atoms with E-state index < -0.39 is 0 Å². The van der Waals surface area contributed by atoms with Gasteiger partial charge in [-0.3, -0.25) is 0 Å². The van der Waals surface area contributed by atoms with Crippen LogP contribution in [0.3, 0.4) is 0 Å². The van der Waals surface area contributed by atoms with Crippen LogP contribution in [0.4, 0.5) is 0 Å². The quantitative estimate of drug-likeness (QED) is 0.695. The Morgan fingerprint density at radius 2 is 1.56 bits per heavy atom. The van der Waals surface area contributed by atoms with Gasteiger partial charge in [-0.1, -0.05) is 55.5 Å². The van der Waals surface area contributed by atoms with Crippen LogP contribution in [0, 0.1) is 0 Å². The molecular weight excluding hydrogens is 312 g/mol. The first-order valence-corrected chi connectivity index (χ1v) is 9.25. The summed E-state index contributed by atoms with van der Waals surface area (Å²) in [6.07, 6.45) is 4.79. The maximum absolute atomic E-state index is 8.86. The molecule has 0 aliphatic carbocycles. The number of aliphatic hydroxyl groups excluding tert-OH is 1. The van der Waals surface area contributed by atoms with Crippen LogP contribution in [0.1, 0.15) is 47.9 Å². The van der Waals surface area contributed by atoms with Crippen molar-refractivity contribution in [1.82, 2.24) is 0 Å². The number of unbranched alkanes of at least 4 members (excludes halogenated alkanes) is 1. The van der Waals surface area contributed by atoms with Gasteiger partial charge in [-0.25, -0.2) is 0 Å². The maximum Gasteiger partial charge on any atom is 0.167 e. The highest BCUT2D eigenvalue weighted by Crippen LogP contribution is 2.22. The van der Waals surface area contributed by atoms with Crippen molar-refractivity contribution < 1.29 is 14.6 Å². The van der Waals surface area contributed by atoms with Gasteiger partial charge in [-0.15, -0.1) is 0 Å². The molecule has 2 aromatic carbocycles. The second kappa shape index (κ2) is 9.14. The third-order valence-corrected chi connectivity index (χ3v) is 4.90. The molecule has 3 nitrogen and oxygen atoms in total. The molecule has 2 aromatic rings. The third-order valence-electron chi connectivity index (χ3n) is 4.90. The van der Waals surface area contributed by atoms with E-state index in [1.165, 1.54) is 22.3 Å². The Balaban J connectivity index is 1.51. The molecule has 1 unspecified atom stereocenters. The molecule has 0 bridgehead atoms. The van der Waals surface area contributed by atoms with E-state index in [2.05, 4.69) is 55.5 Å². The standard InChI is InChI=1S/C22H28O3/c1-17(21-11-9-18(10-12-21)4-2-3-13-23)14-19-5-7-20(8-6-19)15-22-24-16-25-22/h5-12,17,22-23H,2-4,13-16H2,1H3. The zero-order valence-electron chi connectivity index (χ0n) is 15.0. The summed E-state index contributed by atoms with van der Waals surface area (Å²) in [5, 5.41) is 8.86. The van der Waals surface area contributed by atoms with E-state index in [0.29, 0.717) is 12.7 Å². The lowest BCUT2D eigenvalue weighted by molar-refractivity contribution is -0.318. The largest absolute Gasteiger partial charge is 0.396 e. The normalized spacial score (nSPS) is 15.8. The van der Waals surface area contributed by atoms with Crippen LogP contribution in [-0.4, -0.2) is 24.8 Å². The summed E-state index contributed by atoms with van der Waals surface area (Å²) in [6, 6.07) is 17.7. The minimum Gasteiger partial charge on any atom is -0.396 e. The molecule has 1 heterocycles. The Morgan fingerprint density at radius 1 is 0.920 bits per heavy atom. The van der Waals surface area contributed by atoms with Crippen molar-refractivity contribution in [1.29, 1.82) is 0 Å². The van der Waals surface area contributed by atoms with Crippen LogP contribution in [-0.2, 0) is 28.7 Å². The Morgan fingerprint density at radius 3 is 2.16 bits per heavy atom. The SMILES string of the molecule is CC(Cc1ccc(CC2OCO2)cc1)c1ccc(CCCCO)cc1. The molecule has 3 heteroatoms. The van der Waals surface area contributed by atoms with E-state index in [-0.39, 0.29) is 12.9 Å². The van der Waals surface area contributed by atoms with Crippen LogP contribution < -0.4 is 0 Å². The van der Waals surface area contributed by atoms with Gasteiger partial charge in [0.1, 0.15) is 0 Å². The molecule has 3 rings (SSSR count). The number of benzene rings is 2. The molecule has 25 heavy (non-hydrogen) atoms. The molecule has 0 saturated carbocycles. The molecule has 1 atom stereocenters. The van der Waals surface area contributed by atoms with Gasteiger partial charge in [-0.05, 0) is 53.9 Å². The fourth-order valence-corrected chi connectivity index (χ4v) is 3.21. The number of hydrogen-bond donors (Lipinski definition) is 1. The lowest BCUT2D eigenvalue weighted by Crippen LogP contribution is -2.32. The van der Waals surface area contributed by atoms with Gasteiger partial charge in [0.05, 0.1) is 0 Å². The molecule has 0 radical (unpaired) electrons. The highest BCUT2D eigenvalue weighted by molar-refractivity contribution is 5.29. The van der Waals surface area contributed by atoms with Crippen LogP contribution in [0.15, 0.2) is 48.5 Å². The van der Waals surface area contributed by atoms with E-state index in [1.54, 1.807) is 0 Å². The van der Waals surface area contributed by atoms with E-state index in [4.69, 9.17) is 14.6 Å². The van der Waals surface area contributed by atoms with E-state index in [9.17, 15) is 0 Å². The van der Waals surface area contributed by atoms with Gasteiger partial charge in [-0.2, -0.15) is 0 Å². The minimum atomic E-state index is -0.0549. The van der Waals surface area contributed by atoms with Gasteiger partial charge in [0, 0.05) is 13.0 Å². The number of rotatable bonds is 9. The first kappa shape index (κ1) is 18.1. The van der Waals surface area contributed by atoms with Crippen molar-refractivity contribution in [2.24, 2.45) is 0 Å². The van der Waals surface area contributed by atoms with Crippen molar-refractivity contribution >= 4 is 0 Å². The Labute approximate surface area is 150 Å². The summed E-state index contributed by atoms with van der Waals surface area (Å²) < 4.78 is 10.6. The fraction of sp³-hybridized carbons (Fsp3) is 0.455. The van der Waals surface area contributed by atoms with Gasteiger partial charge in [0.15, 0.2) is 13.1 Å². The fourth-order valence-electron chi connectivity index (χ4n) is 3.21. The summed E-state index contributed by atoms with van der Waals surface area (Å²) in [5.41, 5.74) is 5.35. The summed E-state index contributed by atoms with van der Waals surface area (Å²) in [4.78, 5) is 0. The molecule has 134 valence electrons. The van der Waals surface area contributed by atoms with Crippen molar-refractivity contribution in [3.8, 4) is 0 Å². The first-order chi connectivity index (χ1) is 12.2. The van der Waals surface area contributed by atoms with Gasteiger partial charge >= 0.3 is 0 Å². The molecular formula is C22H28O3. The summed E-state index contributed by atoms with van der Waals surface area (Å²) in [7, 11) is 0. The van der Waals surface area contributed by atoms with Crippen LogP contribution in [0.5, 0.6) is 0 Å². The van der Waals surface area contributed by atoms with Crippen molar-refractivity contribution in [2.45, 2.75) is 51.2 Å². The van der Waals surface area contributed by atoms with Gasteiger partial charge in [0.2, 0.25) is 0 Å². The lowest BCUT2D eigenvalue weighted by atomic mass is 9.92. The maximum atomic E-state index is 8.86. The van der Waals surface area contributed by atoms with Crippen LogP contribution in [0.25, 0.3) is 0 Å². The van der Waals surface area contributed by atoms with E-state index in [0.717, 1.165) is 32.1 Å². The number of aliphatic hydroxyl groups is 1. The summed E-state index contributed by atoms with van der Waals surface area (Å²) >= 11 is 0. The van der Waals surface area contributed by atoms with Gasteiger partial charge in [0.25, 0.3) is 0 Å². The molecule has 0 amide bonds. The molecule has 1 aliphatic rings. The number of hydrogen-bond acceptors (Lipinski definition) is 3. The van der Waals surface area contributed by atoms with Crippen LogP contribution >= 0.6 is 0 Å². The molecule has 1 fully saturated rings. The zero-order valence-corrected chi connectivity index (χ0v) is 15.0. The van der Waals surface area contributed by atoms with E-state index >= 15 is 0 Å². The second-order valence-corrected chi connectivity index (χ2v) is 6.93. The molecule has 1 saturated heterocycles. The minimum absolute atomic E-state index is 0.0549. The summed E-state index contributed by atoms with van der Waals surface area (Å²) in [6.45, 7) is 3.00. The van der Waals surface area contributed by atoms with Crippen molar-refractivity contribution in [3.63, 3.8) is 0 Å². The van der Waals surface area contributed by atoms with E-state index in [1.807, 2.05) is 0 Å². The predicted octanol–water partition coefficient (Wildman–Crippen LogP) is 4.22. The monoisotopic (exact) mass is 340 g/mol. The molecule has 1 N–H and O–H groups in total. The Kier molecular flexibility index (Phi) is 6.62.